The normalized spacial score (nSPS) is 13.1. The summed E-state index contributed by atoms with van der Waals surface area (Å²) in [6, 6.07) is 2.05. The Balaban J connectivity index is 2.83. The average Bonchev–Trinajstić information content (AvgIpc) is 2.85. The summed E-state index contributed by atoms with van der Waals surface area (Å²) in [5, 5.41) is 3.25. The van der Waals surface area contributed by atoms with Crippen molar-refractivity contribution in [3.8, 4) is 0 Å². The fourth-order valence-corrected chi connectivity index (χ4v) is 3.33. The van der Waals surface area contributed by atoms with Crippen LogP contribution in [-0.4, -0.2) is 25.0 Å². The van der Waals surface area contributed by atoms with Crippen molar-refractivity contribution in [1.82, 2.24) is 15.0 Å². The molecule has 0 fully saturated rings. The number of sulfonamides is 1. The van der Waals surface area contributed by atoms with Gasteiger partial charge in [-0.05, 0) is 25.8 Å². The molecule has 1 aromatic heterocycles. The zero-order chi connectivity index (χ0) is 15.4. The van der Waals surface area contributed by atoms with Crippen LogP contribution < -0.4 is 10.0 Å². The molecule has 0 aromatic carbocycles. The van der Waals surface area contributed by atoms with Crippen molar-refractivity contribution in [2.75, 3.05) is 0 Å². The minimum Gasteiger partial charge on any atom is -0.363 e. The fraction of sp³-hybridized carbons (Fsp3) is 0.714. The Hall–Kier alpha value is -0.850. The van der Waals surface area contributed by atoms with E-state index in [-0.39, 0.29) is 0 Å². The van der Waals surface area contributed by atoms with Crippen LogP contribution in [0.15, 0.2) is 17.2 Å². The zero-order valence-electron chi connectivity index (χ0n) is 13.1. The molecule has 0 aliphatic rings. The van der Waals surface area contributed by atoms with Gasteiger partial charge >= 0.3 is 0 Å². The topological polar surface area (TPSA) is 74.0 Å². The van der Waals surface area contributed by atoms with Crippen molar-refractivity contribution in [1.29, 1.82) is 0 Å². The summed E-state index contributed by atoms with van der Waals surface area (Å²) >= 11 is 0. The first-order chi connectivity index (χ1) is 9.22. The van der Waals surface area contributed by atoms with Gasteiger partial charge in [0.05, 0.1) is 4.90 Å². The van der Waals surface area contributed by atoms with E-state index in [0.29, 0.717) is 17.5 Å². The molecule has 5 nitrogen and oxygen atoms in total. The van der Waals surface area contributed by atoms with E-state index in [9.17, 15) is 8.42 Å². The lowest BCUT2D eigenvalue weighted by atomic mass is 9.98. The molecule has 1 heterocycles. The lowest BCUT2D eigenvalue weighted by Gasteiger charge is -2.27. The molecule has 0 radical (unpaired) electrons. The number of H-pyrrole nitrogens is 1. The Labute approximate surface area is 122 Å². The van der Waals surface area contributed by atoms with Crippen LogP contribution in [0.3, 0.4) is 0 Å². The number of hydrogen-bond donors (Lipinski definition) is 3. The summed E-state index contributed by atoms with van der Waals surface area (Å²) < 4.78 is 27.5. The molecular weight excluding hydrogens is 274 g/mol. The molecular formula is C14H27N3O2S. The monoisotopic (exact) mass is 301 g/mol. The third kappa shape index (κ3) is 4.61. The molecule has 1 rings (SSSR count). The van der Waals surface area contributed by atoms with Gasteiger partial charge in [0.25, 0.3) is 0 Å². The lowest BCUT2D eigenvalue weighted by Crippen LogP contribution is -2.44. The second-order valence-electron chi connectivity index (χ2n) is 5.77. The Bertz CT molecular complexity index is 516. The van der Waals surface area contributed by atoms with Crippen molar-refractivity contribution < 1.29 is 8.42 Å². The number of hydrogen-bond acceptors (Lipinski definition) is 3. The summed E-state index contributed by atoms with van der Waals surface area (Å²) in [5.41, 5.74) is 0.473. The average molecular weight is 301 g/mol. The molecule has 116 valence electrons. The van der Waals surface area contributed by atoms with Gasteiger partial charge in [-0.1, -0.05) is 27.7 Å². The lowest BCUT2D eigenvalue weighted by molar-refractivity contribution is 0.389. The maximum Gasteiger partial charge on any atom is 0.242 e. The highest BCUT2D eigenvalue weighted by atomic mass is 32.2. The Morgan fingerprint density at radius 2 is 1.90 bits per heavy atom. The van der Waals surface area contributed by atoms with Crippen LogP contribution in [-0.2, 0) is 16.6 Å². The Morgan fingerprint density at radius 3 is 2.40 bits per heavy atom. The van der Waals surface area contributed by atoms with E-state index in [0.717, 1.165) is 18.5 Å². The van der Waals surface area contributed by atoms with Gasteiger partial charge in [0, 0.05) is 30.0 Å². The maximum absolute atomic E-state index is 12.4. The van der Waals surface area contributed by atoms with Crippen LogP contribution in [0, 0.1) is 0 Å². The standard InChI is InChI=1S/C14H27N3O2S/c1-6-14(5,7-2)17-20(18,19)13-8-12(16-10-13)9-15-11(3)4/h8,10-11,15-17H,6-7,9H2,1-5H3. The van der Waals surface area contributed by atoms with Crippen LogP contribution in [0.4, 0.5) is 0 Å². The predicted octanol–water partition coefficient (Wildman–Crippen LogP) is 2.37. The van der Waals surface area contributed by atoms with E-state index in [2.05, 4.69) is 28.9 Å². The summed E-state index contributed by atoms with van der Waals surface area (Å²) in [5.74, 6) is 0. The molecule has 0 unspecified atom stereocenters. The molecule has 6 heteroatoms. The molecule has 0 atom stereocenters. The minimum absolute atomic E-state index is 0.297. The van der Waals surface area contributed by atoms with Crippen LogP contribution in [0.25, 0.3) is 0 Å². The molecule has 0 bridgehead atoms. The van der Waals surface area contributed by atoms with Gasteiger partial charge in [-0.2, -0.15) is 0 Å². The first-order valence-electron chi connectivity index (χ1n) is 7.17. The van der Waals surface area contributed by atoms with Gasteiger partial charge in [-0.25, -0.2) is 13.1 Å². The molecule has 1 aromatic rings. The number of aromatic amines is 1. The van der Waals surface area contributed by atoms with Gasteiger partial charge in [-0.3, -0.25) is 0 Å². The molecule has 0 saturated heterocycles. The van der Waals surface area contributed by atoms with Crippen molar-refractivity contribution in [2.24, 2.45) is 0 Å². The van der Waals surface area contributed by atoms with Crippen molar-refractivity contribution in [3.63, 3.8) is 0 Å². The first-order valence-corrected chi connectivity index (χ1v) is 8.65. The van der Waals surface area contributed by atoms with Gasteiger partial charge in [0.15, 0.2) is 0 Å². The maximum atomic E-state index is 12.4. The second-order valence-corrected chi connectivity index (χ2v) is 7.45. The molecule has 3 N–H and O–H groups in total. The van der Waals surface area contributed by atoms with E-state index in [1.54, 1.807) is 12.3 Å². The molecule has 0 spiro atoms. The quantitative estimate of drug-likeness (QED) is 0.690. The van der Waals surface area contributed by atoms with Crippen LogP contribution in [0.2, 0.25) is 0 Å². The highest BCUT2D eigenvalue weighted by Gasteiger charge is 2.27. The zero-order valence-corrected chi connectivity index (χ0v) is 13.9. The number of nitrogens with one attached hydrogen (secondary N) is 3. The highest BCUT2D eigenvalue weighted by molar-refractivity contribution is 7.89. The van der Waals surface area contributed by atoms with Crippen LogP contribution in [0.1, 0.15) is 53.2 Å². The van der Waals surface area contributed by atoms with E-state index < -0.39 is 15.6 Å². The van der Waals surface area contributed by atoms with Gasteiger partial charge in [-0.15, -0.1) is 0 Å². The summed E-state index contributed by atoms with van der Waals surface area (Å²) in [7, 11) is -3.47. The third-order valence-corrected chi connectivity index (χ3v) is 5.29. The molecule has 0 amide bonds. The number of rotatable bonds is 8. The SMILES string of the molecule is CCC(C)(CC)NS(=O)(=O)c1c[nH]c(CNC(C)C)c1. The molecule has 0 aliphatic heterocycles. The fourth-order valence-electron chi connectivity index (χ4n) is 1.77. The van der Waals surface area contributed by atoms with Crippen molar-refractivity contribution in [2.45, 2.75) is 70.5 Å². The highest BCUT2D eigenvalue weighted by Crippen LogP contribution is 2.19. The third-order valence-electron chi connectivity index (χ3n) is 3.67. The van der Waals surface area contributed by atoms with E-state index in [1.165, 1.54) is 0 Å². The van der Waals surface area contributed by atoms with Crippen LogP contribution >= 0.6 is 0 Å². The Morgan fingerprint density at radius 1 is 1.30 bits per heavy atom. The van der Waals surface area contributed by atoms with E-state index in [1.807, 2.05) is 20.8 Å². The van der Waals surface area contributed by atoms with E-state index >= 15 is 0 Å². The van der Waals surface area contributed by atoms with E-state index in [4.69, 9.17) is 0 Å². The van der Waals surface area contributed by atoms with Gasteiger partial charge in [0.2, 0.25) is 10.0 Å². The largest absolute Gasteiger partial charge is 0.363 e. The molecule has 0 saturated carbocycles. The smallest absolute Gasteiger partial charge is 0.242 e. The molecule has 0 aliphatic carbocycles. The first kappa shape index (κ1) is 17.2. The van der Waals surface area contributed by atoms with Gasteiger partial charge < -0.3 is 10.3 Å². The second kappa shape index (κ2) is 6.74. The van der Waals surface area contributed by atoms with Gasteiger partial charge in [0.1, 0.15) is 0 Å². The number of aromatic nitrogens is 1. The summed E-state index contributed by atoms with van der Waals surface area (Å²) in [4.78, 5) is 3.30. The summed E-state index contributed by atoms with van der Waals surface area (Å²) in [6.45, 7) is 10.6. The molecule has 20 heavy (non-hydrogen) atoms. The van der Waals surface area contributed by atoms with Crippen molar-refractivity contribution in [3.05, 3.63) is 18.0 Å². The Kier molecular flexibility index (Phi) is 5.79. The predicted molar refractivity (Wildman–Crippen MR) is 82.1 cm³/mol. The minimum atomic E-state index is -3.47. The van der Waals surface area contributed by atoms with Crippen LogP contribution in [0.5, 0.6) is 0 Å². The van der Waals surface area contributed by atoms with Crippen molar-refractivity contribution >= 4 is 10.0 Å². The summed E-state index contributed by atoms with van der Waals surface area (Å²) in [6.07, 6.45) is 3.06.